The van der Waals surface area contributed by atoms with Crippen LogP contribution in [0.1, 0.15) is 90.9 Å². The lowest BCUT2D eigenvalue weighted by atomic mass is 9.88. The Kier molecular flexibility index (Phi) is 10.1. The summed E-state index contributed by atoms with van der Waals surface area (Å²) in [5, 5.41) is 16.2. The Morgan fingerprint density at radius 3 is 2.14 bits per heavy atom. The van der Waals surface area contributed by atoms with Crippen molar-refractivity contribution in [1.82, 2.24) is 10.3 Å². The normalized spacial score (nSPS) is 14.0. The lowest BCUT2D eigenvalue weighted by Gasteiger charge is -2.26. The zero-order valence-electron chi connectivity index (χ0n) is 18.2. The molecule has 1 aromatic rings. The maximum Gasteiger partial charge on any atom is 0.250 e. The molecule has 0 radical (unpaired) electrons. The molecule has 0 aliphatic carbocycles. The van der Waals surface area contributed by atoms with Gasteiger partial charge in [-0.3, -0.25) is 9.59 Å². The average Bonchev–Trinajstić information content (AvgIpc) is 3.07. The number of carbonyl (C=O) groups is 2. The van der Waals surface area contributed by atoms with E-state index in [0.29, 0.717) is 17.5 Å². The molecule has 0 saturated carbocycles. The minimum absolute atomic E-state index is 0.292. The fourth-order valence-corrected chi connectivity index (χ4v) is 4.04. The summed E-state index contributed by atoms with van der Waals surface area (Å²) in [6.45, 7) is 11.7. The molecule has 0 saturated heterocycles. The van der Waals surface area contributed by atoms with Gasteiger partial charge >= 0.3 is 0 Å². The predicted octanol–water partition coefficient (Wildman–Crippen LogP) is 4.46. The summed E-state index contributed by atoms with van der Waals surface area (Å²) in [6, 6.07) is -0.691. The molecule has 0 aromatic carbocycles. The Balaban J connectivity index is 2.80. The number of aliphatic hydroxyl groups excluding tert-OH is 1. The second-order valence-electron chi connectivity index (χ2n) is 8.45. The van der Waals surface area contributed by atoms with Crippen molar-refractivity contribution in [3.63, 3.8) is 0 Å². The van der Waals surface area contributed by atoms with E-state index in [1.165, 1.54) is 16.2 Å². The van der Waals surface area contributed by atoms with E-state index in [2.05, 4.69) is 29.5 Å². The van der Waals surface area contributed by atoms with Gasteiger partial charge in [0.15, 0.2) is 5.13 Å². The van der Waals surface area contributed by atoms with E-state index in [-0.39, 0.29) is 5.91 Å². The zero-order chi connectivity index (χ0) is 21.3. The Morgan fingerprint density at radius 1 is 1.07 bits per heavy atom. The minimum Gasteiger partial charge on any atom is -0.383 e. The number of rotatable bonds is 11. The number of carbonyl (C=O) groups excluding carboxylic acids is 2. The molecule has 7 heteroatoms. The lowest BCUT2D eigenvalue weighted by Crippen LogP contribution is -2.50. The molecule has 2 atom stereocenters. The van der Waals surface area contributed by atoms with Crippen LogP contribution in [0.4, 0.5) is 5.13 Å². The number of nitrogens with zero attached hydrogens (tertiary/aromatic N) is 1. The van der Waals surface area contributed by atoms with Crippen LogP contribution in [-0.4, -0.2) is 34.1 Å². The van der Waals surface area contributed by atoms with Gasteiger partial charge in [-0.2, -0.15) is 0 Å². The molecule has 6 nitrogen and oxygen atoms in total. The van der Waals surface area contributed by atoms with E-state index >= 15 is 0 Å². The third kappa shape index (κ3) is 7.51. The summed E-state index contributed by atoms with van der Waals surface area (Å²) in [5.74, 6) is -0.335. The highest BCUT2D eigenvalue weighted by atomic mass is 32.1. The summed E-state index contributed by atoms with van der Waals surface area (Å²) in [4.78, 5) is 30.6. The second kappa shape index (κ2) is 11.5. The van der Waals surface area contributed by atoms with Gasteiger partial charge in [-0.25, -0.2) is 4.98 Å². The SMILES string of the molecule is CCCC(NC(=O)C(O)C(C)(C)C)C(=O)Nc1ncc(C(CCC)CCC)s1. The number of thiazole rings is 1. The first-order valence-electron chi connectivity index (χ1n) is 10.4. The molecule has 160 valence electrons. The van der Waals surface area contributed by atoms with E-state index in [1.807, 2.05) is 13.1 Å². The van der Waals surface area contributed by atoms with Crippen molar-refractivity contribution in [2.45, 2.75) is 98.1 Å². The minimum atomic E-state index is -1.17. The van der Waals surface area contributed by atoms with Crippen LogP contribution < -0.4 is 10.6 Å². The fraction of sp³-hybridized carbons (Fsp3) is 0.762. The van der Waals surface area contributed by atoms with E-state index in [4.69, 9.17) is 0 Å². The number of hydrogen-bond acceptors (Lipinski definition) is 5. The molecule has 1 rings (SSSR count). The highest BCUT2D eigenvalue weighted by Gasteiger charge is 2.32. The average molecular weight is 412 g/mol. The molecule has 3 N–H and O–H groups in total. The van der Waals surface area contributed by atoms with Crippen LogP contribution in [0, 0.1) is 5.41 Å². The smallest absolute Gasteiger partial charge is 0.250 e. The van der Waals surface area contributed by atoms with Gasteiger partial charge in [0.05, 0.1) is 0 Å². The zero-order valence-corrected chi connectivity index (χ0v) is 19.0. The van der Waals surface area contributed by atoms with Crippen LogP contribution in [0.25, 0.3) is 0 Å². The van der Waals surface area contributed by atoms with Gasteiger partial charge in [-0.1, -0.05) is 60.8 Å². The van der Waals surface area contributed by atoms with Crippen molar-refractivity contribution < 1.29 is 14.7 Å². The number of anilines is 1. The van der Waals surface area contributed by atoms with Crippen molar-refractivity contribution in [3.05, 3.63) is 11.1 Å². The third-order valence-corrected chi connectivity index (χ3v) is 5.78. The van der Waals surface area contributed by atoms with Crippen LogP contribution in [0.5, 0.6) is 0 Å². The van der Waals surface area contributed by atoms with Crippen LogP contribution in [-0.2, 0) is 9.59 Å². The monoisotopic (exact) mass is 411 g/mol. The van der Waals surface area contributed by atoms with Gasteiger partial charge in [0.25, 0.3) is 0 Å². The van der Waals surface area contributed by atoms with E-state index < -0.39 is 23.5 Å². The maximum absolute atomic E-state index is 12.7. The van der Waals surface area contributed by atoms with Crippen LogP contribution in [0.3, 0.4) is 0 Å². The highest BCUT2D eigenvalue weighted by molar-refractivity contribution is 7.15. The topological polar surface area (TPSA) is 91.3 Å². The predicted molar refractivity (Wildman–Crippen MR) is 116 cm³/mol. The Hall–Kier alpha value is -1.47. The lowest BCUT2D eigenvalue weighted by molar-refractivity contribution is -0.137. The molecule has 2 unspecified atom stereocenters. The molecular formula is C21H37N3O3S. The number of hydrogen-bond donors (Lipinski definition) is 3. The van der Waals surface area contributed by atoms with Crippen molar-refractivity contribution in [2.24, 2.45) is 5.41 Å². The fourth-order valence-electron chi connectivity index (χ4n) is 3.05. The van der Waals surface area contributed by atoms with Crippen molar-refractivity contribution in [2.75, 3.05) is 5.32 Å². The largest absolute Gasteiger partial charge is 0.383 e. The molecule has 2 amide bonds. The number of nitrogens with one attached hydrogen (secondary N) is 2. The van der Waals surface area contributed by atoms with Gasteiger partial charge in [-0.05, 0) is 30.6 Å². The molecule has 28 heavy (non-hydrogen) atoms. The summed E-state index contributed by atoms with van der Waals surface area (Å²) in [6.07, 6.45) is 6.38. The quantitative estimate of drug-likeness (QED) is 0.501. The second-order valence-corrected chi connectivity index (χ2v) is 9.51. The van der Waals surface area contributed by atoms with Gasteiger partial charge < -0.3 is 15.7 Å². The summed E-state index contributed by atoms with van der Waals surface area (Å²) < 4.78 is 0. The van der Waals surface area contributed by atoms with Gasteiger partial charge in [0, 0.05) is 11.1 Å². The van der Waals surface area contributed by atoms with E-state index in [9.17, 15) is 14.7 Å². The maximum atomic E-state index is 12.7. The molecule has 0 bridgehead atoms. The number of aromatic nitrogens is 1. The van der Waals surface area contributed by atoms with E-state index in [1.54, 1.807) is 20.8 Å². The van der Waals surface area contributed by atoms with Crippen LogP contribution >= 0.6 is 11.3 Å². The van der Waals surface area contributed by atoms with Crippen LogP contribution in [0.2, 0.25) is 0 Å². The standard InChI is InChI=1S/C21H37N3O3S/c1-7-10-14(11-8-2)16-13-22-20(28-16)24-18(26)15(12-9-3)23-19(27)17(25)21(4,5)6/h13-15,17,25H,7-12H2,1-6H3,(H,23,27)(H,22,24,26). The third-order valence-electron chi connectivity index (χ3n) is 4.71. The first-order chi connectivity index (χ1) is 13.1. The number of amides is 2. The molecule has 0 fully saturated rings. The molecule has 1 aromatic heterocycles. The van der Waals surface area contributed by atoms with Gasteiger partial charge in [0.1, 0.15) is 12.1 Å². The van der Waals surface area contributed by atoms with Crippen molar-refractivity contribution in [3.8, 4) is 0 Å². The summed E-state index contributed by atoms with van der Waals surface area (Å²) in [5.41, 5.74) is -0.588. The Labute approximate surface area is 173 Å². The van der Waals surface area contributed by atoms with Crippen molar-refractivity contribution >= 4 is 28.3 Å². The van der Waals surface area contributed by atoms with Gasteiger partial charge in [0.2, 0.25) is 11.8 Å². The van der Waals surface area contributed by atoms with Crippen molar-refractivity contribution in [1.29, 1.82) is 0 Å². The molecular weight excluding hydrogens is 374 g/mol. The molecule has 1 heterocycles. The Morgan fingerprint density at radius 2 is 1.64 bits per heavy atom. The molecule has 0 aliphatic heterocycles. The highest BCUT2D eigenvalue weighted by Crippen LogP contribution is 2.32. The van der Waals surface area contributed by atoms with Gasteiger partial charge in [-0.15, -0.1) is 11.3 Å². The van der Waals surface area contributed by atoms with E-state index in [0.717, 1.165) is 32.1 Å². The van der Waals surface area contributed by atoms with Crippen LogP contribution in [0.15, 0.2) is 6.20 Å². The summed E-state index contributed by atoms with van der Waals surface area (Å²) in [7, 11) is 0. The first-order valence-corrected chi connectivity index (χ1v) is 11.2. The Bertz CT molecular complexity index is 619. The first kappa shape index (κ1) is 24.6. The number of aliphatic hydroxyl groups is 1. The summed E-state index contributed by atoms with van der Waals surface area (Å²) >= 11 is 1.51. The molecule has 0 aliphatic rings. The molecule has 0 spiro atoms.